The van der Waals surface area contributed by atoms with Gasteiger partial charge < -0.3 is 10.1 Å². The molecule has 1 N–H and O–H groups in total. The van der Waals surface area contributed by atoms with Gasteiger partial charge >= 0.3 is 0 Å². The Bertz CT molecular complexity index is 1050. The SMILES string of the molecule is N#CC[C@@H](CC(=O)N[C@H](C#N)c1ccc(OCc2ccccc2)cc1)c1ccccc1. The molecule has 0 aliphatic carbocycles. The summed E-state index contributed by atoms with van der Waals surface area (Å²) >= 11 is 0. The first-order valence-electron chi connectivity index (χ1n) is 10.1. The predicted molar refractivity (Wildman–Crippen MR) is 118 cm³/mol. The number of hydrogen-bond donors (Lipinski definition) is 1. The third kappa shape index (κ3) is 6.45. The van der Waals surface area contributed by atoms with Crippen molar-refractivity contribution in [2.24, 2.45) is 0 Å². The van der Waals surface area contributed by atoms with Crippen LogP contribution in [-0.4, -0.2) is 5.91 Å². The molecule has 3 rings (SSSR count). The number of nitrogens with zero attached hydrogens (tertiary/aromatic N) is 2. The molecule has 0 unspecified atom stereocenters. The first-order chi connectivity index (χ1) is 15.2. The van der Waals surface area contributed by atoms with Gasteiger partial charge in [-0.3, -0.25) is 4.79 Å². The fraction of sp³-hybridized carbons (Fsp3) is 0.192. The van der Waals surface area contributed by atoms with Crippen molar-refractivity contribution in [1.82, 2.24) is 5.32 Å². The van der Waals surface area contributed by atoms with Crippen LogP contribution in [0, 0.1) is 22.7 Å². The molecule has 0 fully saturated rings. The van der Waals surface area contributed by atoms with Gasteiger partial charge in [-0.05, 0) is 28.8 Å². The van der Waals surface area contributed by atoms with Crippen molar-refractivity contribution in [2.45, 2.75) is 31.4 Å². The molecule has 0 bridgehead atoms. The molecule has 3 aromatic rings. The van der Waals surface area contributed by atoms with E-state index in [1.54, 1.807) is 24.3 Å². The van der Waals surface area contributed by atoms with Gasteiger partial charge in [0.15, 0.2) is 0 Å². The molecule has 2 atom stereocenters. The Morgan fingerprint density at radius 2 is 1.52 bits per heavy atom. The molecule has 5 nitrogen and oxygen atoms in total. The summed E-state index contributed by atoms with van der Waals surface area (Å²) in [6, 6.07) is 30.0. The van der Waals surface area contributed by atoms with Crippen molar-refractivity contribution in [1.29, 1.82) is 10.5 Å². The number of amides is 1. The summed E-state index contributed by atoms with van der Waals surface area (Å²) in [5.74, 6) is 0.216. The summed E-state index contributed by atoms with van der Waals surface area (Å²) in [6.07, 6.45) is 0.385. The van der Waals surface area contributed by atoms with Crippen LogP contribution >= 0.6 is 0 Å². The predicted octanol–water partition coefficient (Wildman–Crippen LogP) is 5.03. The van der Waals surface area contributed by atoms with Crippen LogP contribution in [0.2, 0.25) is 0 Å². The summed E-state index contributed by atoms with van der Waals surface area (Å²) in [4.78, 5) is 12.6. The van der Waals surface area contributed by atoms with E-state index in [4.69, 9.17) is 10.00 Å². The quantitative estimate of drug-likeness (QED) is 0.537. The first kappa shape index (κ1) is 21.6. The molecule has 3 aromatic carbocycles. The van der Waals surface area contributed by atoms with Crippen LogP contribution in [0.3, 0.4) is 0 Å². The van der Waals surface area contributed by atoms with Crippen molar-refractivity contribution in [2.75, 3.05) is 0 Å². The number of carbonyl (C=O) groups excluding carboxylic acids is 1. The summed E-state index contributed by atoms with van der Waals surface area (Å²) in [6.45, 7) is 0.457. The summed E-state index contributed by atoms with van der Waals surface area (Å²) in [5.41, 5.74) is 2.69. The van der Waals surface area contributed by atoms with E-state index >= 15 is 0 Å². The van der Waals surface area contributed by atoms with Crippen LogP contribution in [0.15, 0.2) is 84.9 Å². The zero-order valence-corrected chi connectivity index (χ0v) is 17.1. The highest BCUT2D eigenvalue weighted by Crippen LogP contribution is 2.24. The van der Waals surface area contributed by atoms with E-state index in [9.17, 15) is 10.1 Å². The van der Waals surface area contributed by atoms with Gasteiger partial charge in [0.25, 0.3) is 0 Å². The minimum Gasteiger partial charge on any atom is -0.489 e. The molecule has 0 heterocycles. The second-order valence-electron chi connectivity index (χ2n) is 7.15. The zero-order chi connectivity index (χ0) is 21.9. The average Bonchev–Trinajstić information content (AvgIpc) is 2.82. The van der Waals surface area contributed by atoms with E-state index in [0.717, 1.165) is 11.1 Å². The summed E-state index contributed by atoms with van der Waals surface area (Å²) < 4.78 is 5.77. The Hall–Kier alpha value is -4.09. The maximum absolute atomic E-state index is 12.6. The molecule has 154 valence electrons. The highest BCUT2D eigenvalue weighted by atomic mass is 16.5. The van der Waals surface area contributed by atoms with Crippen molar-refractivity contribution < 1.29 is 9.53 Å². The number of ether oxygens (including phenoxy) is 1. The monoisotopic (exact) mass is 409 g/mol. The van der Waals surface area contributed by atoms with E-state index in [0.29, 0.717) is 17.9 Å². The second kappa shape index (κ2) is 11.2. The van der Waals surface area contributed by atoms with E-state index in [2.05, 4.69) is 17.5 Å². The van der Waals surface area contributed by atoms with E-state index in [1.807, 2.05) is 60.7 Å². The third-order valence-corrected chi connectivity index (χ3v) is 4.94. The minimum absolute atomic E-state index is 0.147. The normalized spacial score (nSPS) is 12.1. The molecule has 0 aromatic heterocycles. The van der Waals surface area contributed by atoms with E-state index < -0.39 is 6.04 Å². The number of carbonyl (C=O) groups is 1. The van der Waals surface area contributed by atoms with Gasteiger partial charge in [0.05, 0.1) is 12.1 Å². The van der Waals surface area contributed by atoms with Crippen LogP contribution in [-0.2, 0) is 11.4 Å². The molecule has 0 saturated carbocycles. The molecular formula is C26H23N3O2. The van der Waals surface area contributed by atoms with Crippen LogP contribution in [0.25, 0.3) is 0 Å². The molecular weight excluding hydrogens is 386 g/mol. The Kier molecular flexibility index (Phi) is 7.80. The number of nitrogens with one attached hydrogen (secondary N) is 1. The number of nitriles is 2. The fourth-order valence-electron chi connectivity index (χ4n) is 3.27. The maximum Gasteiger partial charge on any atom is 0.221 e. The minimum atomic E-state index is -0.769. The van der Waals surface area contributed by atoms with Gasteiger partial charge in [-0.25, -0.2) is 0 Å². The lowest BCUT2D eigenvalue weighted by Crippen LogP contribution is -2.28. The van der Waals surface area contributed by atoms with Crippen LogP contribution < -0.4 is 10.1 Å². The third-order valence-electron chi connectivity index (χ3n) is 4.94. The lowest BCUT2D eigenvalue weighted by atomic mass is 9.92. The number of benzene rings is 3. The lowest BCUT2D eigenvalue weighted by molar-refractivity contribution is -0.121. The molecule has 0 aliphatic rings. The van der Waals surface area contributed by atoms with Gasteiger partial charge in [0, 0.05) is 18.8 Å². The van der Waals surface area contributed by atoms with Crippen molar-refractivity contribution >= 4 is 5.91 Å². The highest BCUT2D eigenvalue weighted by Gasteiger charge is 2.19. The molecule has 0 saturated heterocycles. The topological polar surface area (TPSA) is 85.9 Å². The molecule has 0 aliphatic heterocycles. The molecule has 0 spiro atoms. The summed E-state index contributed by atoms with van der Waals surface area (Å²) in [5, 5.41) is 21.4. The lowest BCUT2D eigenvalue weighted by Gasteiger charge is -2.17. The summed E-state index contributed by atoms with van der Waals surface area (Å²) in [7, 11) is 0. The fourth-order valence-corrected chi connectivity index (χ4v) is 3.27. The van der Waals surface area contributed by atoms with Crippen LogP contribution in [0.1, 0.15) is 41.5 Å². The Labute approximate surface area is 182 Å². The smallest absolute Gasteiger partial charge is 0.221 e. The molecule has 0 radical (unpaired) electrons. The standard InChI is InChI=1S/C26H23N3O2/c27-16-15-23(21-9-5-2-6-10-21)17-26(30)29-25(18-28)22-11-13-24(14-12-22)31-19-20-7-3-1-4-8-20/h1-14,23,25H,15,17,19H2,(H,29,30)/t23-,25+/m0/s1. The van der Waals surface area contributed by atoms with Crippen LogP contribution in [0.4, 0.5) is 0 Å². The number of rotatable bonds is 9. The number of hydrogen-bond acceptors (Lipinski definition) is 4. The van der Waals surface area contributed by atoms with Crippen molar-refractivity contribution in [3.63, 3.8) is 0 Å². The first-order valence-corrected chi connectivity index (χ1v) is 10.1. The van der Waals surface area contributed by atoms with Crippen molar-refractivity contribution in [3.05, 3.63) is 102 Å². The van der Waals surface area contributed by atoms with Gasteiger partial charge in [-0.2, -0.15) is 10.5 Å². The van der Waals surface area contributed by atoms with Gasteiger partial charge in [0.2, 0.25) is 5.91 Å². The average molecular weight is 409 g/mol. The largest absolute Gasteiger partial charge is 0.489 e. The van der Waals surface area contributed by atoms with Gasteiger partial charge in [-0.1, -0.05) is 72.8 Å². The molecule has 5 heteroatoms. The highest BCUT2D eigenvalue weighted by molar-refractivity contribution is 5.78. The van der Waals surface area contributed by atoms with Crippen LogP contribution in [0.5, 0.6) is 5.75 Å². The maximum atomic E-state index is 12.6. The molecule has 31 heavy (non-hydrogen) atoms. The van der Waals surface area contributed by atoms with Gasteiger partial charge in [0.1, 0.15) is 18.4 Å². The Morgan fingerprint density at radius 1 is 0.871 bits per heavy atom. The van der Waals surface area contributed by atoms with E-state index in [1.165, 1.54) is 0 Å². The Balaban J connectivity index is 1.59. The second-order valence-corrected chi connectivity index (χ2v) is 7.15. The zero-order valence-electron chi connectivity index (χ0n) is 17.1. The van der Waals surface area contributed by atoms with Crippen molar-refractivity contribution in [3.8, 4) is 17.9 Å². The van der Waals surface area contributed by atoms with Gasteiger partial charge in [-0.15, -0.1) is 0 Å². The van der Waals surface area contributed by atoms with E-state index in [-0.39, 0.29) is 24.7 Å². The Morgan fingerprint density at radius 3 is 2.13 bits per heavy atom. The molecule has 1 amide bonds.